The van der Waals surface area contributed by atoms with Crippen molar-refractivity contribution in [2.75, 3.05) is 25.3 Å². The van der Waals surface area contributed by atoms with Crippen LogP contribution in [0, 0.1) is 5.92 Å². The van der Waals surface area contributed by atoms with Crippen molar-refractivity contribution in [1.29, 1.82) is 0 Å². The van der Waals surface area contributed by atoms with Gasteiger partial charge in [0.25, 0.3) is 0 Å². The molecule has 0 aliphatic heterocycles. The fourth-order valence-corrected chi connectivity index (χ4v) is 6.08. The van der Waals surface area contributed by atoms with Crippen molar-refractivity contribution in [3.63, 3.8) is 0 Å². The Morgan fingerprint density at radius 3 is 3.00 bits per heavy atom. The van der Waals surface area contributed by atoms with Crippen molar-refractivity contribution in [3.8, 4) is 11.5 Å². The van der Waals surface area contributed by atoms with Crippen molar-refractivity contribution in [3.05, 3.63) is 35.0 Å². The summed E-state index contributed by atoms with van der Waals surface area (Å²) >= 11 is 3.10. The number of hydrogen-bond acceptors (Lipinski definition) is 8. The van der Waals surface area contributed by atoms with E-state index >= 15 is 0 Å². The quantitative estimate of drug-likeness (QED) is 0.423. The number of ether oxygens (including phenoxy) is 2. The van der Waals surface area contributed by atoms with E-state index in [0.29, 0.717) is 28.3 Å². The van der Waals surface area contributed by atoms with Gasteiger partial charge < -0.3 is 14.8 Å². The first-order valence-electron chi connectivity index (χ1n) is 10.4. The highest BCUT2D eigenvalue weighted by Crippen LogP contribution is 2.39. The maximum Gasteiger partial charge on any atom is 0.234 e. The number of amides is 1. The molecule has 1 atom stereocenters. The number of carbonyl (C=O) groups excluding carboxylic acids is 1. The number of anilines is 1. The van der Waals surface area contributed by atoms with Crippen LogP contribution in [0.5, 0.6) is 11.5 Å². The summed E-state index contributed by atoms with van der Waals surface area (Å²) in [6, 6.07) is 5.26. The van der Waals surface area contributed by atoms with Crippen LogP contribution in [0.4, 0.5) is 5.69 Å². The standard InChI is InChI=1S/C22H23N5O3S2/c1-12-4-6-14-17(8-12)32-21-19(14)20-25-26-22(27(20)11-23-21)31-10-18(28)24-15-7-5-13(29-2)9-16(15)30-3/h5,7,9,11-12H,4,6,8,10H2,1-3H3,(H,24,28)/t12-/m0/s1. The molecule has 1 aliphatic rings. The normalized spacial score (nSPS) is 15.7. The van der Waals surface area contributed by atoms with E-state index in [0.717, 1.165) is 28.7 Å². The van der Waals surface area contributed by atoms with Gasteiger partial charge >= 0.3 is 0 Å². The van der Waals surface area contributed by atoms with Crippen LogP contribution in [0.1, 0.15) is 23.8 Å². The number of rotatable bonds is 6. The second kappa shape index (κ2) is 8.59. The van der Waals surface area contributed by atoms with Crippen molar-refractivity contribution in [1.82, 2.24) is 19.6 Å². The summed E-state index contributed by atoms with van der Waals surface area (Å²) in [5.41, 5.74) is 2.78. The topological polar surface area (TPSA) is 90.6 Å². The lowest BCUT2D eigenvalue weighted by Crippen LogP contribution is -2.15. The van der Waals surface area contributed by atoms with Crippen molar-refractivity contribution < 1.29 is 14.3 Å². The molecule has 166 valence electrons. The van der Waals surface area contributed by atoms with Crippen LogP contribution in [-0.4, -0.2) is 45.5 Å². The van der Waals surface area contributed by atoms with Crippen LogP contribution >= 0.6 is 23.1 Å². The van der Waals surface area contributed by atoms with Gasteiger partial charge in [-0.1, -0.05) is 18.7 Å². The highest BCUT2D eigenvalue weighted by molar-refractivity contribution is 7.99. The third-order valence-electron chi connectivity index (χ3n) is 5.69. The molecule has 0 unspecified atom stereocenters. The number of benzene rings is 1. The van der Waals surface area contributed by atoms with Gasteiger partial charge in [-0.25, -0.2) is 4.98 Å². The van der Waals surface area contributed by atoms with E-state index in [1.807, 2.05) is 4.40 Å². The predicted molar refractivity (Wildman–Crippen MR) is 126 cm³/mol. The molecule has 1 amide bonds. The number of hydrogen-bond donors (Lipinski definition) is 1. The van der Waals surface area contributed by atoms with E-state index in [-0.39, 0.29) is 11.7 Å². The van der Waals surface area contributed by atoms with Gasteiger partial charge in [0, 0.05) is 10.9 Å². The third kappa shape index (κ3) is 3.77. The molecule has 0 bridgehead atoms. The summed E-state index contributed by atoms with van der Waals surface area (Å²) in [4.78, 5) is 19.7. The Morgan fingerprint density at radius 1 is 1.31 bits per heavy atom. The molecule has 4 aromatic rings. The first-order valence-corrected chi connectivity index (χ1v) is 12.2. The Morgan fingerprint density at radius 2 is 2.19 bits per heavy atom. The lowest BCUT2D eigenvalue weighted by atomic mass is 9.89. The average molecular weight is 470 g/mol. The molecule has 1 aromatic carbocycles. The minimum Gasteiger partial charge on any atom is -0.497 e. The molecule has 32 heavy (non-hydrogen) atoms. The zero-order valence-corrected chi connectivity index (χ0v) is 19.7. The van der Waals surface area contributed by atoms with E-state index in [2.05, 4.69) is 27.4 Å². The number of nitrogens with one attached hydrogen (secondary N) is 1. The van der Waals surface area contributed by atoms with Gasteiger partial charge in [-0.3, -0.25) is 9.20 Å². The van der Waals surface area contributed by atoms with E-state index in [9.17, 15) is 4.79 Å². The molecule has 5 rings (SSSR count). The predicted octanol–water partition coefficient (Wildman–Crippen LogP) is 4.21. The van der Waals surface area contributed by atoms with Crippen molar-refractivity contribution >= 4 is 50.6 Å². The number of fused-ring (bicyclic) bond motifs is 5. The Bertz CT molecular complexity index is 1320. The summed E-state index contributed by atoms with van der Waals surface area (Å²) in [6.07, 6.45) is 5.10. The second-order valence-electron chi connectivity index (χ2n) is 7.86. The average Bonchev–Trinajstić information content (AvgIpc) is 3.38. The second-order valence-corrected chi connectivity index (χ2v) is 9.88. The van der Waals surface area contributed by atoms with Gasteiger partial charge in [0.15, 0.2) is 10.8 Å². The smallest absolute Gasteiger partial charge is 0.234 e. The molecule has 1 N–H and O–H groups in total. The number of carbonyl (C=O) groups is 1. The molecular formula is C22H23N5O3S2. The van der Waals surface area contributed by atoms with E-state index in [1.54, 1.807) is 50.1 Å². The third-order valence-corrected chi connectivity index (χ3v) is 7.79. The molecule has 8 nitrogen and oxygen atoms in total. The molecule has 3 aromatic heterocycles. The first kappa shape index (κ1) is 21.0. The van der Waals surface area contributed by atoms with Crippen LogP contribution in [0.3, 0.4) is 0 Å². The maximum atomic E-state index is 12.6. The minimum atomic E-state index is -0.161. The van der Waals surface area contributed by atoms with Gasteiger partial charge in [0.05, 0.1) is 31.0 Å². The number of thioether (sulfide) groups is 1. The van der Waals surface area contributed by atoms with Crippen molar-refractivity contribution in [2.45, 2.75) is 31.3 Å². The zero-order chi connectivity index (χ0) is 22.2. The van der Waals surface area contributed by atoms with E-state index < -0.39 is 0 Å². The molecule has 0 spiro atoms. The van der Waals surface area contributed by atoms with Gasteiger partial charge in [-0.15, -0.1) is 21.5 Å². The molecule has 1 aliphatic carbocycles. The monoisotopic (exact) mass is 469 g/mol. The number of nitrogens with zero attached hydrogens (tertiary/aromatic N) is 4. The summed E-state index contributed by atoms with van der Waals surface area (Å²) in [6.45, 7) is 2.30. The van der Waals surface area contributed by atoms with Crippen LogP contribution in [-0.2, 0) is 17.6 Å². The summed E-state index contributed by atoms with van der Waals surface area (Å²) in [5, 5.41) is 13.4. The highest BCUT2D eigenvalue weighted by atomic mass is 32.2. The Kier molecular flexibility index (Phi) is 5.64. The molecule has 3 heterocycles. The van der Waals surface area contributed by atoms with Gasteiger partial charge in [0.1, 0.15) is 22.7 Å². The lowest BCUT2D eigenvalue weighted by molar-refractivity contribution is -0.113. The summed E-state index contributed by atoms with van der Waals surface area (Å²) < 4.78 is 12.4. The molecule has 0 saturated carbocycles. The van der Waals surface area contributed by atoms with Crippen LogP contribution in [0.15, 0.2) is 29.7 Å². The first-order chi connectivity index (χ1) is 15.6. The van der Waals surface area contributed by atoms with Gasteiger partial charge in [-0.2, -0.15) is 0 Å². The summed E-state index contributed by atoms with van der Waals surface area (Å²) in [7, 11) is 3.14. The highest BCUT2D eigenvalue weighted by Gasteiger charge is 2.24. The SMILES string of the molecule is COc1ccc(NC(=O)CSc2nnc3c4c5c(sc4ncn23)C[C@@H](C)CC5)c(OC)c1. The number of methoxy groups -OCH3 is 2. The zero-order valence-electron chi connectivity index (χ0n) is 18.0. The van der Waals surface area contributed by atoms with Gasteiger partial charge in [0.2, 0.25) is 5.91 Å². The van der Waals surface area contributed by atoms with Crippen LogP contribution in [0.25, 0.3) is 15.9 Å². The van der Waals surface area contributed by atoms with E-state index in [4.69, 9.17) is 9.47 Å². The maximum absolute atomic E-state index is 12.6. The molecule has 0 radical (unpaired) electrons. The molecule has 0 fully saturated rings. The fraction of sp³-hybridized carbons (Fsp3) is 0.364. The number of aromatic nitrogens is 4. The van der Waals surface area contributed by atoms with Gasteiger partial charge in [-0.05, 0) is 42.9 Å². The number of thiophene rings is 1. The minimum absolute atomic E-state index is 0.161. The molecule has 10 heteroatoms. The Balaban J connectivity index is 1.35. The molecule has 0 saturated heterocycles. The Labute approximate surface area is 193 Å². The fourth-order valence-electron chi connectivity index (χ4n) is 4.04. The lowest BCUT2D eigenvalue weighted by Gasteiger charge is -2.17. The van der Waals surface area contributed by atoms with Crippen molar-refractivity contribution in [2.24, 2.45) is 5.92 Å². The number of aryl methyl sites for hydroxylation is 1. The largest absolute Gasteiger partial charge is 0.497 e. The molecular weight excluding hydrogens is 446 g/mol. The summed E-state index contributed by atoms with van der Waals surface area (Å²) in [5.74, 6) is 1.93. The van der Waals surface area contributed by atoms with Crippen LogP contribution in [0.2, 0.25) is 0 Å². The van der Waals surface area contributed by atoms with E-state index in [1.165, 1.54) is 28.6 Å². The Hall–Kier alpha value is -2.85. The van der Waals surface area contributed by atoms with Crippen LogP contribution < -0.4 is 14.8 Å².